The quantitative estimate of drug-likeness (QED) is 0.113. The van der Waals surface area contributed by atoms with Gasteiger partial charge in [-0.15, -0.1) is 5.10 Å². The van der Waals surface area contributed by atoms with E-state index in [1.54, 1.807) is 16.4 Å². The van der Waals surface area contributed by atoms with Crippen LogP contribution in [0.2, 0.25) is 0 Å². The molecule has 1 unspecified atom stereocenters. The van der Waals surface area contributed by atoms with E-state index in [2.05, 4.69) is 29.4 Å². The standard InChI is InChI=1S/C31H45N3OS/c1-2-3-4-5-6-7-8-9-10-11-12-13-14-15-19-26-30(35)31(36-27-22-17-16-18-23-27)34-29-25-21-20-24-28(29)32-33-34/h16-18,20-25,31H,2-15,19,26H2,1H3. The summed E-state index contributed by atoms with van der Waals surface area (Å²) >= 11 is 1.57. The second kappa shape index (κ2) is 17.3. The van der Waals surface area contributed by atoms with Gasteiger partial charge in [0.25, 0.3) is 0 Å². The van der Waals surface area contributed by atoms with Gasteiger partial charge in [0, 0.05) is 11.3 Å². The number of ketones is 1. The van der Waals surface area contributed by atoms with Gasteiger partial charge in [0.1, 0.15) is 5.52 Å². The lowest BCUT2D eigenvalue weighted by molar-refractivity contribution is -0.120. The summed E-state index contributed by atoms with van der Waals surface area (Å²) in [5.74, 6) is 0.231. The molecule has 1 aromatic heterocycles. The zero-order valence-corrected chi connectivity index (χ0v) is 23.1. The zero-order chi connectivity index (χ0) is 25.3. The van der Waals surface area contributed by atoms with E-state index in [0.29, 0.717) is 6.42 Å². The SMILES string of the molecule is CCCCCCCCCCCCCCCCCC(=O)C(Sc1ccccc1)n1nnc2ccccc21. The van der Waals surface area contributed by atoms with Gasteiger partial charge in [-0.3, -0.25) is 4.79 Å². The van der Waals surface area contributed by atoms with Crippen molar-refractivity contribution in [1.29, 1.82) is 0 Å². The molecule has 0 aliphatic carbocycles. The molecule has 1 atom stereocenters. The molecule has 0 amide bonds. The van der Waals surface area contributed by atoms with E-state index in [0.717, 1.165) is 28.8 Å². The first-order valence-corrected chi connectivity index (χ1v) is 15.2. The Bertz CT molecular complexity index is 988. The summed E-state index contributed by atoms with van der Waals surface area (Å²) in [5, 5.41) is 8.26. The summed E-state index contributed by atoms with van der Waals surface area (Å²) in [5.41, 5.74) is 1.74. The van der Waals surface area contributed by atoms with Crippen LogP contribution in [-0.4, -0.2) is 20.8 Å². The maximum absolute atomic E-state index is 13.3. The van der Waals surface area contributed by atoms with Crippen molar-refractivity contribution in [2.45, 2.75) is 120 Å². The number of carbonyl (C=O) groups is 1. The van der Waals surface area contributed by atoms with Crippen molar-refractivity contribution in [3.63, 3.8) is 0 Å². The molecule has 196 valence electrons. The summed E-state index contributed by atoms with van der Waals surface area (Å²) in [6, 6.07) is 18.0. The van der Waals surface area contributed by atoms with Gasteiger partial charge in [0.2, 0.25) is 0 Å². The van der Waals surface area contributed by atoms with Crippen LogP contribution in [0.15, 0.2) is 59.5 Å². The number of unbranched alkanes of at least 4 members (excludes halogenated alkanes) is 14. The Morgan fingerprint density at radius 1 is 0.722 bits per heavy atom. The van der Waals surface area contributed by atoms with Gasteiger partial charge in [-0.2, -0.15) is 0 Å². The van der Waals surface area contributed by atoms with Crippen molar-refractivity contribution in [1.82, 2.24) is 15.0 Å². The van der Waals surface area contributed by atoms with E-state index in [4.69, 9.17) is 0 Å². The van der Waals surface area contributed by atoms with Gasteiger partial charge >= 0.3 is 0 Å². The number of carbonyl (C=O) groups excluding carboxylic acids is 1. The molecule has 0 saturated carbocycles. The Labute approximate surface area is 222 Å². The summed E-state index contributed by atoms with van der Waals surface area (Å²) < 4.78 is 1.81. The fraction of sp³-hybridized carbons (Fsp3) is 0.581. The predicted octanol–water partition coefficient (Wildman–Crippen LogP) is 9.55. The monoisotopic (exact) mass is 507 g/mol. The molecule has 4 nitrogen and oxygen atoms in total. The first kappa shape index (κ1) is 28.4. The van der Waals surface area contributed by atoms with E-state index < -0.39 is 0 Å². The summed E-state index contributed by atoms with van der Waals surface area (Å²) in [4.78, 5) is 14.4. The summed E-state index contributed by atoms with van der Waals surface area (Å²) in [6.45, 7) is 2.28. The molecule has 3 rings (SSSR count). The lowest BCUT2D eigenvalue weighted by Crippen LogP contribution is -2.18. The van der Waals surface area contributed by atoms with Crippen LogP contribution in [0.5, 0.6) is 0 Å². The van der Waals surface area contributed by atoms with Gasteiger partial charge in [-0.1, -0.05) is 144 Å². The van der Waals surface area contributed by atoms with E-state index in [9.17, 15) is 4.79 Å². The Morgan fingerprint density at radius 3 is 1.86 bits per heavy atom. The van der Waals surface area contributed by atoms with Gasteiger partial charge in [0.05, 0.1) is 5.52 Å². The van der Waals surface area contributed by atoms with Crippen LogP contribution in [0.3, 0.4) is 0 Å². The Morgan fingerprint density at radius 2 is 1.25 bits per heavy atom. The molecule has 5 heteroatoms. The number of thioether (sulfide) groups is 1. The number of benzene rings is 2. The predicted molar refractivity (Wildman–Crippen MR) is 153 cm³/mol. The Hall–Kier alpha value is -2.14. The highest BCUT2D eigenvalue weighted by Crippen LogP contribution is 2.34. The number of para-hydroxylation sites is 1. The number of Topliss-reactive ketones (excluding diaryl/α,β-unsaturated/α-hetero) is 1. The number of hydrogen-bond acceptors (Lipinski definition) is 4. The lowest BCUT2D eigenvalue weighted by Gasteiger charge is -2.16. The van der Waals surface area contributed by atoms with Crippen molar-refractivity contribution in [2.24, 2.45) is 0 Å². The van der Waals surface area contributed by atoms with Gasteiger partial charge in [-0.05, 0) is 30.7 Å². The highest BCUT2D eigenvalue weighted by Gasteiger charge is 2.24. The van der Waals surface area contributed by atoms with E-state index in [-0.39, 0.29) is 11.2 Å². The van der Waals surface area contributed by atoms with Crippen molar-refractivity contribution >= 4 is 28.6 Å². The molecule has 2 aromatic carbocycles. The van der Waals surface area contributed by atoms with Crippen LogP contribution in [0, 0.1) is 0 Å². The molecular weight excluding hydrogens is 462 g/mol. The van der Waals surface area contributed by atoms with E-state index in [1.165, 1.54) is 83.5 Å². The van der Waals surface area contributed by atoms with E-state index in [1.807, 2.05) is 42.5 Å². The van der Waals surface area contributed by atoms with Crippen LogP contribution < -0.4 is 0 Å². The highest BCUT2D eigenvalue weighted by atomic mass is 32.2. The second-order valence-corrected chi connectivity index (χ2v) is 11.1. The molecule has 36 heavy (non-hydrogen) atoms. The third-order valence-corrected chi connectivity index (χ3v) is 8.12. The largest absolute Gasteiger partial charge is 0.296 e. The fourth-order valence-electron chi connectivity index (χ4n) is 4.73. The normalized spacial score (nSPS) is 12.2. The smallest absolute Gasteiger partial charge is 0.168 e. The summed E-state index contributed by atoms with van der Waals surface area (Å²) in [6.07, 6.45) is 20.5. The second-order valence-electron chi connectivity index (χ2n) is 9.97. The van der Waals surface area contributed by atoms with E-state index >= 15 is 0 Å². The molecule has 0 saturated heterocycles. The fourth-order valence-corrected chi connectivity index (χ4v) is 5.81. The minimum Gasteiger partial charge on any atom is -0.296 e. The average molecular weight is 508 g/mol. The number of hydrogen-bond donors (Lipinski definition) is 0. The average Bonchev–Trinajstić information content (AvgIpc) is 3.34. The van der Waals surface area contributed by atoms with Crippen molar-refractivity contribution in [2.75, 3.05) is 0 Å². The van der Waals surface area contributed by atoms with Gasteiger partial charge in [-0.25, -0.2) is 4.68 Å². The molecule has 0 N–H and O–H groups in total. The maximum atomic E-state index is 13.3. The van der Waals surface area contributed by atoms with Crippen LogP contribution >= 0.6 is 11.8 Å². The van der Waals surface area contributed by atoms with Crippen LogP contribution in [0.25, 0.3) is 11.0 Å². The number of fused-ring (bicyclic) bond motifs is 1. The molecule has 1 heterocycles. The minimum atomic E-state index is -0.383. The molecule has 0 fully saturated rings. The van der Waals surface area contributed by atoms with Crippen molar-refractivity contribution in [3.8, 4) is 0 Å². The lowest BCUT2D eigenvalue weighted by atomic mass is 10.0. The Balaban J connectivity index is 1.32. The molecular formula is C31H45N3OS. The first-order chi connectivity index (χ1) is 17.8. The van der Waals surface area contributed by atoms with Crippen molar-refractivity contribution in [3.05, 3.63) is 54.6 Å². The van der Waals surface area contributed by atoms with Gasteiger partial charge < -0.3 is 0 Å². The highest BCUT2D eigenvalue weighted by molar-refractivity contribution is 8.00. The number of rotatable bonds is 20. The maximum Gasteiger partial charge on any atom is 0.168 e. The molecule has 0 spiro atoms. The third kappa shape index (κ3) is 10.1. The minimum absolute atomic E-state index is 0.231. The van der Waals surface area contributed by atoms with Crippen LogP contribution in [0.4, 0.5) is 0 Å². The molecule has 0 aliphatic rings. The molecule has 0 bridgehead atoms. The van der Waals surface area contributed by atoms with Crippen LogP contribution in [0.1, 0.15) is 115 Å². The molecule has 0 radical (unpaired) electrons. The van der Waals surface area contributed by atoms with Gasteiger partial charge in [0.15, 0.2) is 11.2 Å². The van der Waals surface area contributed by atoms with Crippen LogP contribution in [-0.2, 0) is 4.79 Å². The third-order valence-electron chi connectivity index (χ3n) is 6.89. The Kier molecular flexibility index (Phi) is 13.7. The zero-order valence-electron chi connectivity index (χ0n) is 22.2. The van der Waals surface area contributed by atoms with Crippen molar-refractivity contribution < 1.29 is 4.79 Å². The first-order valence-electron chi connectivity index (χ1n) is 14.3. The number of nitrogens with zero attached hydrogens (tertiary/aromatic N) is 3. The molecule has 3 aromatic rings. The molecule has 0 aliphatic heterocycles. The number of aromatic nitrogens is 3. The topological polar surface area (TPSA) is 47.8 Å². The summed E-state index contributed by atoms with van der Waals surface area (Å²) in [7, 11) is 0.